The summed E-state index contributed by atoms with van der Waals surface area (Å²) in [5, 5.41) is 11.8. The highest BCUT2D eigenvalue weighted by atomic mass is 16.5. The zero-order chi connectivity index (χ0) is 30.1. The zero-order valence-electron chi connectivity index (χ0n) is 25.4. The van der Waals surface area contributed by atoms with Crippen molar-refractivity contribution in [3.63, 3.8) is 0 Å². The highest BCUT2D eigenvalue weighted by Crippen LogP contribution is 2.42. The number of rotatable bonds is 8. The number of Topliss-reactive ketones (excluding diaryl/α,β-unsaturated/α-hetero) is 1. The van der Waals surface area contributed by atoms with E-state index in [4.69, 9.17) is 9.47 Å². The van der Waals surface area contributed by atoms with E-state index in [1.54, 1.807) is 19.1 Å². The van der Waals surface area contributed by atoms with E-state index in [9.17, 15) is 14.7 Å². The Morgan fingerprint density at radius 2 is 1.59 bits per heavy atom. The SMILES string of the molecule is COc1ccc(CCN2C(=O)C(=O)/C(=C(/O)c3cc(C(C)C)c(OC)cc3C)C2c2ccc(C(C)(C)C)cc2)cc1. The minimum atomic E-state index is -0.716. The molecule has 0 saturated carbocycles. The lowest BCUT2D eigenvalue weighted by atomic mass is 9.85. The van der Waals surface area contributed by atoms with Crippen LogP contribution in [0.1, 0.15) is 80.0 Å². The molecule has 216 valence electrons. The third-order valence-corrected chi connectivity index (χ3v) is 7.89. The number of aryl methyl sites for hydroxylation is 1. The molecule has 3 aromatic carbocycles. The molecule has 0 aliphatic carbocycles. The molecule has 1 fully saturated rings. The Morgan fingerprint density at radius 3 is 2.12 bits per heavy atom. The first-order valence-corrected chi connectivity index (χ1v) is 14.1. The molecule has 41 heavy (non-hydrogen) atoms. The molecule has 6 heteroatoms. The second-order valence-corrected chi connectivity index (χ2v) is 12.0. The molecule has 0 spiro atoms. The second kappa shape index (κ2) is 11.8. The number of ketones is 1. The van der Waals surface area contributed by atoms with Crippen molar-refractivity contribution in [1.82, 2.24) is 4.90 Å². The van der Waals surface area contributed by atoms with Gasteiger partial charge in [0, 0.05) is 12.1 Å². The van der Waals surface area contributed by atoms with Crippen molar-refractivity contribution in [2.24, 2.45) is 0 Å². The maximum absolute atomic E-state index is 13.6. The summed E-state index contributed by atoms with van der Waals surface area (Å²) in [6, 6.07) is 18.7. The van der Waals surface area contributed by atoms with Crippen molar-refractivity contribution in [2.45, 2.75) is 65.3 Å². The maximum Gasteiger partial charge on any atom is 0.295 e. The van der Waals surface area contributed by atoms with Gasteiger partial charge in [-0.3, -0.25) is 9.59 Å². The van der Waals surface area contributed by atoms with Crippen molar-refractivity contribution in [3.05, 3.63) is 99.6 Å². The number of carbonyl (C=O) groups is 2. The van der Waals surface area contributed by atoms with Gasteiger partial charge in [0.15, 0.2) is 0 Å². The molecule has 4 rings (SSSR count). The van der Waals surface area contributed by atoms with E-state index in [2.05, 4.69) is 20.8 Å². The fourth-order valence-electron chi connectivity index (χ4n) is 5.39. The van der Waals surface area contributed by atoms with Crippen LogP contribution in [0.25, 0.3) is 5.76 Å². The fraction of sp³-hybridized carbons (Fsp3) is 0.371. The highest BCUT2D eigenvalue weighted by Gasteiger charge is 2.46. The second-order valence-electron chi connectivity index (χ2n) is 12.0. The molecule has 6 nitrogen and oxygen atoms in total. The van der Waals surface area contributed by atoms with Crippen molar-refractivity contribution in [1.29, 1.82) is 0 Å². The molecule has 1 aliphatic rings. The molecule has 1 aliphatic heterocycles. The van der Waals surface area contributed by atoms with E-state index in [0.717, 1.165) is 39.3 Å². The summed E-state index contributed by atoms with van der Waals surface area (Å²) >= 11 is 0. The monoisotopic (exact) mass is 555 g/mol. The summed E-state index contributed by atoms with van der Waals surface area (Å²) in [7, 11) is 3.24. The number of methoxy groups -OCH3 is 2. The van der Waals surface area contributed by atoms with E-state index in [-0.39, 0.29) is 22.7 Å². The van der Waals surface area contributed by atoms with Crippen LogP contribution in [0.2, 0.25) is 0 Å². The van der Waals surface area contributed by atoms with Gasteiger partial charge in [0.1, 0.15) is 17.3 Å². The molecule has 1 unspecified atom stereocenters. The Balaban J connectivity index is 1.84. The Kier molecular flexibility index (Phi) is 8.62. The third-order valence-electron chi connectivity index (χ3n) is 7.89. The van der Waals surface area contributed by atoms with Gasteiger partial charge < -0.3 is 19.5 Å². The number of aliphatic hydroxyl groups is 1. The van der Waals surface area contributed by atoms with E-state index < -0.39 is 17.7 Å². The first kappa shape index (κ1) is 29.9. The lowest BCUT2D eigenvalue weighted by molar-refractivity contribution is -0.139. The van der Waals surface area contributed by atoms with Gasteiger partial charge in [-0.2, -0.15) is 0 Å². The normalized spacial score (nSPS) is 16.9. The number of ether oxygens (including phenoxy) is 2. The zero-order valence-corrected chi connectivity index (χ0v) is 25.4. The summed E-state index contributed by atoms with van der Waals surface area (Å²) in [6.45, 7) is 12.7. The molecular formula is C35H41NO5. The molecular weight excluding hydrogens is 514 g/mol. The molecule has 1 atom stereocenters. The number of likely N-dealkylation sites (tertiary alicyclic amines) is 1. The maximum atomic E-state index is 13.6. The molecule has 0 radical (unpaired) electrons. The van der Waals surface area contributed by atoms with E-state index in [1.807, 2.05) is 81.4 Å². The first-order valence-electron chi connectivity index (χ1n) is 14.1. The van der Waals surface area contributed by atoms with Crippen LogP contribution < -0.4 is 9.47 Å². The molecule has 1 heterocycles. The summed E-state index contributed by atoms with van der Waals surface area (Å²) in [5.74, 6) is 0.155. The van der Waals surface area contributed by atoms with Gasteiger partial charge in [0.05, 0.1) is 25.8 Å². The molecule has 0 bridgehead atoms. The quantitative estimate of drug-likeness (QED) is 0.182. The number of hydrogen-bond acceptors (Lipinski definition) is 5. The largest absolute Gasteiger partial charge is 0.507 e. The standard InChI is InChI=1S/C35H41NO5/c1-21(2)27-20-28(22(3)19-29(27)41-8)32(37)30-31(24-11-13-25(14-12-24)35(4,5)6)36(34(39)33(30)38)18-17-23-9-15-26(40-7)16-10-23/h9-16,19-21,31,37H,17-18H2,1-8H3/b32-30+. The van der Waals surface area contributed by atoms with Gasteiger partial charge in [-0.1, -0.05) is 71.0 Å². The summed E-state index contributed by atoms with van der Waals surface area (Å²) in [6.07, 6.45) is 0.548. The molecule has 3 aromatic rings. The average molecular weight is 556 g/mol. The van der Waals surface area contributed by atoms with Crippen LogP contribution in [0, 0.1) is 6.92 Å². The summed E-state index contributed by atoms with van der Waals surface area (Å²) < 4.78 is 10.9. The molecule has 1 N–H and O–H groups in total. The van der Waals surface area contributed by atoms with Crippen molar-refractivity contribution >= 4 is 17.4 Å². The number of benzene rings is 3. The van der Waals surface area contributed by atoms with Gasteiger partial charge in [-0.15, -0.1) is 0 Å². The summed E-state index contributed by atoms with van der Waals surface area (Å²) in [5.41, 5.74) is 5.20. The smallest absolute Gasteiger partial charge is 0.295 e. The van der Waals surface area contributed by atoms with Crippen LogP contribution in [-0.2, 0) is 21.4 Å². The van der Waals surface area contributed by atoms with Crippen molar-refractivity contribution in [3.8, 4) is 11.5 Å². The number of hydrogen-bond donors (Lipinski definition) is 1. The molecule has 0 aromatic heterocycles. The molecule has 1 amide bonds. The lowest BCUT2D eigenvalue weighted by Crippen LogP contribution is -2.31. The van der Waals surface area contributed by atoms with Gasteiger partial charge >= 0.3 is 0 Å². The van der Waals surface area contributed by atoms with Crippen LogP contribution in [0.4, 0.5) is 0 Å². The highest BCUT2D eigenvalue weighted by molar-refractivity contribution is 6.46. The number of carbonyl (C=O) groups excluding carboxylic acids is 2. The summed E-state index contributed by atoms with van der Waals surface area (Å²) in [4.78, 5) is 28.8. The predicted octanol–water partition coefficient (Wildman–Crippen LogP) is 7.10. The fourth-order valence-corrected chi connectivity index (χ4v) is 5.39. The van der Waals surface area contributed by atoms with Crippen LogP contribution in [0.15, 0.2) is 66.2 Å². The minimum Gasteiger partial charge on any atom is -0.507 e. The van der Waals surface area contributed by atoms with E-state index >= 15 is 0 Å². The van der Waals surface area contributed by atoms with Gasteiger partial charge in [-0.25, -0.2) is 0 Å². The van der Waals surface area contributed by atoms with Crippen LogP contribution >= 0.6 is 0 Å². The molecule has 1 saturated heterocycles. The van der Waals surface area contributed by atoms with Gasteiger partial charge in [0.25, 0.3) is 11.7 Å². The van der Waals surface area contributed by atoms with E-state index in [1.165, 1.54) is 0 Å². The third kappa shape index (κ3) is 6.02. The number of aliphatic hydroxyl groups excluding tert-OH is 1. The van der Waals surface area contributed by atoms with Crippen LogP contribution in [0.5, 0.6) is 11.5 Å². The van der Waals surface area contributed by atoms with Gasteiger partial charge in [-0.05, 0) is 76.8 Å². The minimum absolute atomic E-state index is 0.0534. The number of amides is 1. The average Bonchev–Trinajstić information content (AvgIpc) is 3.20. The number of nitrogens with zero attached hydrogens (tertiary/aromatic N) is 1. The topological polar surface area (TPSA) is 76.1 Å². The first-order chi connectivity index (χ1) is 19.4. The van der Waals surface area contributed by atoms with E-state index in [0.29, 0.717) is 18.5 Å². The van der Waals surface area contributed by atoms with Gasteiger partial charge in [0.2, 0.25) is 0 Å². The van der Waals surface area contributed by atoms with Crippen LogP contribution in [0.3, 0.4) is 0 Å². The van der Waals surface area contributed by atoms with Crippen molar-refractivity contribution in [2.75, 3.05) is 20.8 Å². The predicted molar refractivity (Wildman–Crippen MR) is 163 cm³/mol. The Hall–Kier alpha value is -4.06. The Labute approximate surface area is 243 Å². The Bertz CT molecular complexity index is 1460. The van der Waals surface area contributed by atoms with Crippen molar-refractivity contribution < 1.29 is 24.2 Å². The Morgan fingerprint density at radius 1 is 0.951 bits per heavy atom. The lowest BCUT2D eigenvalue weighted by Gasteiger charge is -2.27. The van der Waals surface area contributed by atoms with Crippen LogP contribution in [-0.4, -0.2) is 42.5 Å².